The van der Waals surface area contributed by atoms with Crippen LogP contribution in [0.15, 0.2) is 72.0 Å². The molecule has 0 fully saturated rings. The number of carbonyl (C=O) groups is 1. The van der Waals surface area contributed by atoms with Crippen molar-refractivity contribution >= 4 is 46.0 Å². The minimum absolute atomic E-state index is 0.0413. The number of allylic oxidation sites excluding steroid dienone is 1. The van der Waals surface area contributed by atoms with Crippen LogP contribution in [0.3, 0.4) is 0 Å². The molecule has 0 aliphatic heterocycles. The van der Waals surface area contributed by atoms with E-state index in [2.05, 4.69) is 0 Å². The first-order valence-corrected chi connectivity index (χ1v) is 8.70. The number of aromatic nitrogens is 1. The number of hydrogen-bond acceptors (Lipinski definition) is 2. The van der Waals surface area contributed by atoms with Crippen LogP contribution >= 0.6 is 11.6 Å². The van der Waals surface area contributed by atoms with Crippen molar-refractivity contribution in [2.45, 2.75) is 6.92 Å². The third kappa shape index (κ3) is 3.55. The van der Waals surface area contributed by atoms with Gasteiger partial charge in [-0.25, -0.2) is 4.58 Å². The normalized spacial score (nSPS) is 11.5. The summed E-state index contributed by atoms with van der Waals surface area (Å²) in [5, 5.41) is 1.50. The molecule has 4 nitrogen and oxygen atoms in total. The number of para-hydroxylation sites is 2. The Morgan fingerprint density at radius 3 is 2.38 bits per heavy atom. The zero-order chi connectivity index (χ0) is 18.7. The van der Waals surface area contributed by atoms with Gasteiger partial charge in [-0.05, 0) is 18.2 Å². The van der Waals surface area contributed by atoms with Crippen LogP contribution in [0.5, 0.6) is 0 Å². The maximum absolute atomic E-state index is 12.1. The molecule has 0 aliphatic carbocycles. The topological polar surface area (TPSA) is 28.2 Å². The van der Waals surface area contributed by atoms with E-state index in [1.165, 1.54) is 0 Å². The summed E-state index contributed by atoms with van der Waals surface area (Å²) in [4.78, 5) is 14.0. The summed E-state index contributed by atoms with van der Waals surface area (Å²) in [6.45, 7) is 1.56. The number of fused-ring (bicyclic) bond motifs is 1. The molecule has 2 aromatic carbocycles. The number of benzene rings is 2. The van der Waals surface area contributed by atoms with Crippen molar-refractivity contribution in [2.24, 2.45) is 0 Å². The van der Waals surface area contributed by atoms with E-state index in [9.17, 15) is 4.79 Å². The Balaban J connectivity index is 2.26. The van der Waals surface area contributed by atoms with E-state index >= 15 is 0 Å². The zero-order valence-electron chi connectivity index (χ0n) is 15.1. The smallest absolute Gasteiger partial charge is 0.228 e. The molecule has 5 heteroatoms. The second-order valence-electron chi connectivity index (χ2n) is 6.19. The Hall–Kier alpha value is -2.85. The van der Waals surface area contributed by atoms with E-state index in [0.717, 1.165) is 22.3 Å². The Kier molecular flexibility index (Phi) is 5.24. The lowest BCUT2D eigenvalue weighted by Crippen LogP contribution is -2.13. The molecule has 0 unspecified atom stereocenters. The molecule has 132 valence electrons. The van der Waals surface area contributed by atoms with Crippen LogP contribution in [-0.2, 0) is 0 Å². The molecule has 0 bridgehead atoms. The summed E-state index contributed by atoms with van der Waals surface area (Å²) in [5.41, 5.74) is 2.64. The summed E-state index contributed by atoms with van der Waals surface area (Å²) in [7, 11) is 3.88. The number of hydrogen-bond donors (Lipinski definition) is 0. The molecule has 0 saturated carbocycles. The van der Waals surface area contributed by atoms with Crippen molar-refractivity contribution in [3.8, 4) is 0 Å². The summed E-state index contributed by atoms with van der Waals surface area (Å²) in [6, 6.07) is 17.7. The molecular formula is C21H21ClN3O+. The Morgan fingerprint density at radius 1 is 1.08 bits per heavy atom. The van der Waals surface area contributed by atoms with Crippen LogP contribution in [0.2, 0.25) is 0 Å². The Bertz CT molecular complexity index is 999. The molecular weight excluding hydrogens is 346 g/mol. The van der Waals surface area contributed by atoms with Crippen molar-refractivity contribution in [1.29, 1.82) is 0 Å². The highest BCUT2D eigenvalue weighted by molar-refractivity contribution is 6.33. The monoisotopic (exact) mass is 366 g/mol. The molecule has 3 aromatic rings. The van der Waals surface area contributed by atoms with Gasteiger partial charge >= 0.3 is 0 Å². The minimum Gasteiger partial charge on any atom is -0.298 e. The van der Waals surface area contributed by atoms with Gasteiger partial charge < -0.3 is 0 Å². The standard InChI is InChI=1S/C21H21ClN3O/c1-16(26)24-15-20(18-11-7-8-12-19(18)24)25(17-9-5-4-6-10-17)21(22)13-14-23(2)3/h4-15H,1-3H3/q+1. The van der Waals surface area contributed by atoms with Gasteiger partial charge in [-0.1, -0.05) is 48.0 Å². The second kappa shape index (κ2) is 7.58. The van der Waals surface area contributed by atoms with E-state index in [4.69, 9.17) is 11.6 Å². The third-order valence-corrected chi connectivity index (χ3v) is 4.30. The van der Waals surface area contributed by atoms with E-state index in [0.29, 0.717) is 5.16 Å². The van der Waals surface area contributed by atoms with Gasteiger partial charge in [0, 0.05) is 30.3 Å². The largest absolute Gasteiger partial charge is 0.298 e. The number of rotatable bonds is 4. The molecule has 0 atom stereocenters. The summed E-state index contributed by atoms with van der Waals surface area (Å²) in [6.07, 6.45) is 5.57. The van der Waals surface area contributed by atoms with Crippen molar-refractivity contribution in [3.63, 3.8) is 0 Å². The summed E-state index contributed by atoms with van der Waals surface area (Å²) >= 11 is 6.68. The SMILES string of the molecule is CC(=O)n1cc(N(/C(Cl)=C/C=[N+](C)C)c2ccccc2)c2ccccc21. The minimum atomic E-state index is -0.0413. The number of nitrogens with zero attached hydrogens (tertiary/aromatic N) is 3. The first-order chi connectivity index (χ1) is 12.5. The number of carbonyl (C=O) groups excluding carboxylic acids is 1. The predicted octanol–water partition coefficient (Wildman–Crippen LogP) is 4.86. The van der Waals surface area contributed by atoms with Crippen LogP contribution in [0, 0.1) is 0 Å². The van der Waals surface area contributed by atoms with Gasteiger partial charge in [0.2, 0.25) is 5.91 Å². The van der Waals surface area contributed by atoms with Crippen LogP contribution in [0.25, 0.3) is 10.9 Å². The summed E-state index contributed by atoms with van der Waals surface area (Å²) < 4.78 is 3.57. The highest BCUT2D eigenvalue weighted by Crippen LogP contribution is 2.37. The van der Waals surface area contributed by atoms with Gasteiger partial charge in [0.15, 0.2) is 6.21 Å². The average Bonchev–Trinajstić information content (AvgIpc) is 3.01. The van der Waals surface area contributed by atoms with Gasteiger partial charge in [-0.15, -0.1) is 0 Å². The van der Waals surface area contributed by atoms with E-state index in [1.807, 2.05) is 96.7 Å². The van der Waals surface area contributed by atoms with Crippen LogP contribution in [0.4, 0.5) is 11.4 Å². The second-order valence-corrected chi connectivity index (χ2v) is 6.58. The molecule has 0 saturated heterocycles. The van der Waals surface area contributed by atoms with Crippen LogP contribution in [0.1, 0.15) is 11.7 Å². The molecule has 0 aliphatic rings. The first kappa shape index (κ1) is 18.0. The quantitative estimate of drug-likeness (QED) is 0.374. The molecule has 1 heterocycles. The molecule has 1 aromatic heterocycles. The van der Waals surface area contributed by atoms with Crippen LogP contribution < -0.4 is 4.90 Å². The van der Waals surface area contributed by atoms with Gasteiger partial charge in [0.25, 0.3) is 0 Å². The fourth-order valence-electron chi connectivity index (χ4n) is 2.84. The van der Waals surface area contributed by atoms with Crippen molar-refractivity contribution < 1.29 is 9.37 Å². The third-order valence-electron chi connectivity index (χ3n) is 4.01. The fraction of sp³-hybridized carbons (Fsp3) is 0.143. The molecule has 26 heavy (non-hydrogen) atoms. The number of anilines is 2. The summed E-state index contributed by atoms with van der Waals surface area (Å²) in [5.74, 6) is -0.0413. The lowest BCUT2D eigenvalue weighted by atomic mass is 10.2. The lowest BCUT2D eigenvalue weighted by Gasteiger charge is -2.23. The molecule has 0 radical (unpaired) electrons. The first-order valence-electron chi connectivity index (χ1n) is 8.32. The van der Waals surface area contributed by atoms with Gasteiger partial charge in [-0.3, -0.25) is 14.3 Å². The van der Waals surface area contributed by atoms with Gasteiger partial charge in [0.05, 0.1) is 11.2 Å². The Morgan fingerprint density at radius 2 is 1.73 bits per heavy atom. The predicted molar refractivity (Wildman–Crippen MR) is 109 cm³/mol. The Labute approximate surface area is 158 Å². The molecule has 0 spiro atoms. The maximum Gasteiger partial charge on any atom is 0.228 e. The van der Waals surface area contributed by atoms with E-state index in [-0.39, 0.29) is 5.91 Å². The highest BCUT2D eigenvalue weighted by atomic mass is 35.5. The van der Waals surface area contributed by atoms with Crippen molar-refractivity contribution in [1.82, 2.24) is 4.57 Å². The highest BCUT2D eigenvalue weighted by Gasteiger charge is 2.20. The molecule has 0 amide bonds. The molecule has 0 N–H and O–H groups in total. The zero-order valence-corrected chi connectivity index (χ0v) is 15.8. The van der Waals surface area contributed by atoms with Crippen molar-refractivity contribution in [3.05, 3.63) is 72.0 Å². The molecule has 3 rings (SSSR count). The fourth-order valence-corrected chi connectivity index (χ4v) is 3.09. The van der Waals surface area contributed by atoms with E-state index in [1.54, 1.807) is 11.5 Å². The van der Waals surface area contributed by atoms with E-state index < -0.39 is 0 Å². The average molecular weight is 367 g/mol. The van der Waals surface area contributed by atoms with Crippen molar-refractivity contribution in [2.75, 3.05) is 19.0 Å². The van der Waals surface area contributed by atoms with Crippen LogP contribution in [-0.4, -0.2) is 35.4 Å². The van der Waals surface area contributed by atoms with Gasteiger partial charge in [0.1, 0.15) is 19.3 Å². The lowest BCUT2D eigenvalue weighted by molar-refractivity contribution is -0.458. The number of halogens is 1. The van der Waals surface area contributed by atoms with Gasteiger partial charge in [-0.2, -0.15) is 0 Å². The maximum atomic E-state index is 12.1.